The Kier molecular flexibility index (Phi) is 6.49. The van der Waals surface area contributed by atoms with Crippen LogP contribution in [0.25, 0.3) is 0 Å². The first kappa shape index (κ1) is 19.8. The van der Waals surface area contributed by atoms with Crippen LogP contribution in [0.15, 0.2) is 12.4 Å². The zero-order valence-electron chi connectivity index (χ0n) is 16.8. The Bertz CT molecular complexity index is 648. The standard InChI is InChI=1S/C19H32N6O2/c1-4-22(5-2)15-18(26)24-11-9-23(10-12-24)17-7-6-8-25(19(17)27)16-13-20-21(3)14-16/h13-14,17H,4-12,15H2,1-3H3/t17-/m0/s1. The lowest BCUT2D eigenvalue weighted by Gasteiger charge is -2.42. The van der Waals surface area contributed by atoms with Gasteiger partial charge < -0.3 is 9.80 Å². The highest BCUT2D eigenvalue weighted by molar-refractivity contribution is 5.97. The van der Waals surface area contributed by atoms with Crippen LogP contribution >= 0.6 is 0 Å². The first-order valence-corrected chi connectivity index (χ1v) is 10.1. The Hall–Kier alpha value is -1.93. The molecule has 2 fully saturated rings. The van der Waals surface area contributed by atoms with Crippen LogP contribution in [-0.2, 0) is 16.6 Å². The third kappa shape index (κ3) is 4.50. The van der Waals surface area contributed by atoms with E-state index in [1.807, 2.05) is 23.0 Å². The van der Waals surface area contributed by atoms with Gasteiger partial charge in [-0.05, 0) is 25.9 Å². The van der Waals surface area contributed by atoms with Gasteiger partial charge in [-0.3, -0.25) is 24.1 Å². The smallest absolute Gasteiger partial charge is 0.244 e. The predicted molar refractivity (Wildman–Crippen MR) is 105 cm³/mol. The molecule has 1 aromatic heterocycles. The lowest BCUT2D eigenvalue weighted by atomic mass is 10.0. The summed E-state index contributed by atoms with van der Waals surface area (Å²) in [6.07, 6.45) is 5.53. The van der Waals surface area contributed by atoms with Gasteiger partial charge >= 0.3 is 0 Å². The molecule has 2 amide bonds. The molecule has 0 aromatic carbocycles. The topological polar surface area (TPSA) is 64.9 Å². The highest BCUT2D eigenvalue weighted by atomic mass is 16.2. The molecular formula is C19H32N6O2. The van der Waals surface area contributed by atoms with E-state index in [2.05, 4.69) is 28.7 Å². The van der Waals surface area contributed by atoms with E-state index in [0.717, 1.165) is 51.3 Å². The van der Waals surface area contributed by atoms with E-state index in [4.69, 9.17) is 0 Å². The average molecular weight is 377 g/mol. The Morgan fingerprint density at radius 1 is 1.19 bits per heavy atom. The molecule has 2 aliphatic rings. The second-order valence-corrected chi connectivity index (χ2v) is 7.40. The zero-order valence-corrected chi connectivity index (χ0v) is 16.8. The largest absolute Gasteiger partial charge is 0.339 e. The second-order valence-electron chi connectivity index (χ2n) is 7.40. The molecule has 8 heteroatoms. The summed E-state index contributed by atoms with van der Waals surface area (Å²) >= 11 is 0. The van der Waals surface area contributed by atoms with Gasteiger partial charge in [0, 0.05) is 46.0 Å². The van der Waals surface area contributed by atoms with E-state index in [9.17, 15) is 9.59 Å². The number of nitrogens with zero attached hydrogens (tertiary/aromatic N) is 6. The van der Waals surface area contributed by atoms with Gasteiger partial charge in [-0.25, -0.2) is 0 Å². The van der Waals surface area contributed by atoms with Crippen molar-refractivity contribution in [3.05, 3.63) is 12.4 Å². The minimum Gasteiger partial charge on any atom is -0.339 e. The first-order chi connectivity index (χ1) is 13.0. The number of rotatable bonds is 6. The number of hydrogen-bond acceptors (Lipinski definition) is 5. The molecule has 0 spiro atoms. The summed E-state index contributed by atoms with van der Waals surface area (Å²) in [5.74, 6) is 0.363. The van der Waals surface area contributed by atoms with E-state index in [0.29, 0.717) is 19.6 Å². The van der Waals surface area contributed by atoms with Gasteiger partial charge in [0.15, 0.2) is 0 Å². The summed E-state index contributed by atoms with van der Waals surface area (Å²) < 4.78 is 1.73. The molecule has 3 heterocycles. The molecule has 0 N–H and O–H groups in total. The summed E-state index contributed by atoms with van der Waals surface area (Å²) in [6, 6.07) is -0.0843. The SMILES string of the molecule is CCN(CC)CC(=O)N1CCN([C@H]2CCCN(c3cnn(C)c3)C2=O)CC1. The van der Waals surface area contributed by atoms with Crippen molar-refractivity contribution in [2.75, 3.05) is 57.3 Å². The van der Waals surface area contributed by atoms with E-state index in [-0.39, 0.29) is 17.9 Å². The molecule has 0 aliphatic carbocycles. The highest BCUT2D eigenvalue weighted by Gasteiger charge is 2.36. The van der Waals surface area contributed by atoms with Crippen molar-refractivity contribution >= 4 is 17.5 Å². The van der Waals surface area contributed by atoms with Crippen molar-refractivity contribution < 1.29 is 9.59 Å². The van der Waals surface area contributed by atoms with Crippen molar-refractivity contribution in [2.45, 2.75) is 32.7 Å². The van der Waals surface area contributed by atoms with Gasteiger partial charge in [-0.2, -0.15) is 5.10 Å². The molecule has 0 bridgehead atoms. The molecule has 3 rings (SSSR count). The fourth-order valence-corrected chi connectivity index (χ4v) is 4.02. The molecule has 8 nitrogen and oxygen atoms in total. The normalized spacial score (nSPS) is 21.9. The fraction of sp³-hybridized carbons (Fsp3) is 0.737. The van der Waals surface area contributed by atoms with Crippen molar-refractivity contribution in [3.8, 4) is 0 Å². The maximum Gasteiger partial charge on any atom is 0.244 e. The van der Waals surface area contributed by atoms with Gasteiger partial charge in [0.2, 0.25) is 11.8 Å². The number of hydrogen-bond donors (Lipinski definition) is 0. The van der Waals surface area contributed by atoms with Crippen LogP contribution in [0.5, 0.6) is 0 Å². The van der Waals surface area contributed by atoms with Crippen LogP contribution in [0, 0.1) is 0 Å². The minimum absolute atomic E-state index is 0.0843. The molecule has 150 valence electrons. The van der Waals surface area contributed by atoms with E-state index < -0.39 is 0 Å². The monoisotopic (exact) mass is 376 g/mol. The van der Waals surface area contributed by atoms with Gasteiger partial charge in [0.25, 0.3) is 0 Å². The molecule has 2 aliphatic heterocycles. The second kappa shape index (κ2) is 8.84. The van der Waals surface area contributed by atoms with Crippen LogP contribution in [0.2, 0.25) is 0 Å². The number of carbonyl (C=O) groups excluding carboxylic acids is 2. The Balaban J connectivity index is 1.55. The van der Waals surface area contributed by atoms with E-state index in [1.54, 1.807) is 10.9 Å². The molecule has 2 saturated heterocycles. The molecule has 0 radical (unpaired) electrons. The lowest BCUT2D eigenvalue weighted by Crippen LogP contribution is -2.59. The Morgan fingerprint density at radius 3 is 2.48 bits per heavy atom. The third-order valence-electron chi connectivity index (χ3n) is 5.77. The number of anilines is 1. The first-order valence-electron chi connectivity index (χ1n) is 10.1. The van der Waals surface area contributed by atoms with Crippen LogP contribution in [0.3, 0.4) is 0 Å². The Morgan fingerprint density at radius 2 is 1.89 bits per heavy atom. The molecule has 1 atom stereocenters. The molecule has 1 aromatic rings. The van der Waals surface area contributed by atoms with E-state index in [1.165, 1.54) is 0 Å². The number of aromatic nitrogens is 2. The predicted octanol–water partition coefficient (Wildman–Crippen LogP) is 0.402. The van der Waals surface area contributed by atoms with Crippen LogP contribution in [-0.4, -0.2) is 94.7 Å². The number of likely N-dealkylation sites (N-methyl/N-ethyl adjacent to an activating group) is 1. The lowest BCUT2D eigenvalue weighted by molar-refractivity contribution is -0.135. The summed E-state index contributed by atoms with van der Waals surface area (Å²) in [6.45, 7) is 10.1. The summed E-state index contributed by atoms with van der Waals surface area (Å²) in [5, 5.41) is 4.19. The molecular weight excluding hydrogens is 344 g/mol. The van der Waals surface area contributed by atoms with Crippen molar-refractivity contribution in [3.63, 3.8) is 0 Å². The maximum absolute atomic E-state index is 13.0. The number of carbonyl (C=O) groups is 2. The third-order valence-corrected chi connectivity index (χ3v) is 5.77. The molecule has 27 heavy (non-hydrogen) atoms. The van der Waals surface area contributed by atoms with Gasteiger partial charge in [0.05, 0.1) is 24.5 Å². The number of aryl methyl sites for hydroxylation is 1. The summed E-state index contributed by atoms with van der Waals surface area (Å²) in [5.41, 5.74) is 0.875. The Labute approximate surface area is 161 Å². The van der Waals surface area contributed by atoms with Crippen molar-refractivity contribution in [1.29, 1.82) is 0 Å². The minimum atomic E-state index is -0.0843. The highest BCUT2D eigenvalue weighted by Crippen LogP contribution is 2.24. The quantitative estimate of drug-likeness (QED) is 0.719. The van der Waals surface area contributed by atoms with Crippen LogP contribution in [0.1, 0.15) is 26.7 Å². The fourth-order valence-electron chi connectivity index (χ4n) is 4.02. The summed E-state index contributed by atoms with van der Waals surface area (Å²) in [7, 11) is 1.86. The van der Waals surface area contributed by atoms with Crippen molar-refractivity contribution in [1.82, 2.24) is 24.5 Å². The average Bonchev–Trinajstić information content (AvgIpc) is 3.12. The maximum atomic E-state index is 13.0. The van der Waals surface area contributed by atoms with Gasteiger partial charge in [-0.15, -0.1) is 0 Å². The number of piperidine rings is 1. The molecule has 0 saturated carbocycles. The molecule has 0 unspecified atom stereocenters. The van der Waals surface area contributed by atoms with Crippen LogP contribution in [0.4, 0.5) is 5.69 Å². The number of piperazine rings is 1. The summed E-state index contributed by atoms with van der Waals surface area (Å²) in [4.78, 5) is 33.7. The number of amides is 2. The van der Waals surface area contributed by atoms with Gasteiger partial charge in [0.1, 0.15) is 0 Å². The van der Waals surface area contributed by atoms with E-state index >= 15 is 0 Å². The zero-order chi connectivity index (χ0) is 19.4. The van der Waals surface area contributed by atoms with Gasteiger partial charge in [-0.1, -0.05) is 13.8 Å². The van der Waals surface area contributed by atoms with Crippen molar-refractivity contribution in [2.24, 2.45) is 7.05 Å². The van der Waals surface area contributed by atoms with Crippen LogP contribution < -0.4 is 4.90 Å².